The molecule has 2 fully saturated rings. The monoisotopic (exact) mass is 392 g/mol. The molecule has 0 aromatic heterocycles. The summed E-state index contributed by atoms with van der Waals surface area (Å²) >= 11 is 5.77. The van der Waals surface area contributed by atoms with Crippen molar-refractivity contribution in [2.24, 2.45) is 11.8 Å². The van der Waals surface area contributed by atoms with Crippen molar-refractivity contribution in [3.05, 3.63) is 29.3 Å². The summed E-state index contributed by atoms with van der Waals surface area (Å²) in [5, 5.41) is 3.12. The molecule has 1 saturated heterocycles. The molecule has 1 aromatic rings. The van der Waals surface area contributed by atoms with Crippen LogP contribution < -0.4 is 5.32 Å². The molecule has 8 heteroatoms. The summed E-state index contributed by atoms with van der Waals surface area (Å²) in [7, 11) is 0. The van der Waals surface area contributed by atoms with Crippen molar-refractivity contribution < 1.29 is 23.9 Å². The highest BCUT2D eigenvalue weighted by molar-refractivity contribution is 6.30. The lowest BCUT2D eigenvalue weighted by atomic mass is 9.81. The number of rotatable bonds is 6. The highest BCUT2D eigenvalue weighted by atomic mass is 35.5. The number of fused-ring (bicyclic) bond motifs is 1. The van der Waals surface area contributed by atoms with Gasteiger partial charge in [-0.2, -0.15) is 0 Å². The second kappa shape index (κ2) is 8.52. The van der Waals surface area contributed by atoms with Crippen LogP contribution in [0.1, 0.15) is 32.1 Å². The quantitative estimate of drug-likeness (QED) is 0.592. The van der Waals surface area contributed by atoms with Crippen LogP contribution in [0.25, 0.3) is 0 Å². The van der Waals surface area contributed by atoms with Crippen LogP contribution in [0.15, 0.2) is 24.3 Å². The van der Waals surface area contributed by atoms with Gasteiger partial charge in [-0.05, 0) is 37.1 Å². The normalized spacial score (nSPS) is 21.7. The number of carbonyl (C=O) groups excluding carboxylic acids is 4. The summed E-state index contributed by atoms with van der Waals surface area (Å²) in [6, 6.07) is 6.52. The first-order chi connectivity index (χ1) is 13.0. The first kappa shape index (κ1) is 19.4. The van der Waals surface area contributed by atoms with E-state index in [4.69, 9.17) is 16.3 Å². The molecule has 1 N–H and O–H groups in total. The Morgan fingerprint density at radius 3 is 2.26 bits per heavy atom. The Morgan fingerprint density at radius 1 is 1.07 bits per heavy atom. The zero-order chi connectivity index (χ0) is 19.4. The van der Waals surface area contributed by atoms with Crippen LogP contribution >= 0.6 is 11.6 Å². The molecule has 0 unspecified atom stereocenters. The third-order valence-corrected chi connectivity index (χ3v) is 5.22. The molecule has 0 bridgehead atoms. The van der Waals surface area contributed by atoms with Crippen LogP contribution in [0.5, 0.6) is 0 Å². The topological polar surface area (TPSA) is 92.8 Å². The molecule has 1 aromatic carbocycles. The van der Waals surface area contributed by atoms with Gasteiger partial charge in [0.2, 0.25) is 11.8 Å². The summed E-state index contributed by atoms with van der Waals surface area (Å²) in [5.41, 5.74) is 0.538. The molecular weight excluding hydrogens is 372 g/mol. The summed E-state index contributed by atoms with van der Waals surface area (Å²) < 4.78 is 4.92. The van der Waals surface area contributed by atoms with Gasteiger partial charge in [0.15, 0.2) is 6.61 Å². The lowest BCUT2D eigenvalue weighted by Crippen LogP contribution is -2.33. The maximum atomic E-state index is 12.3. The zero-order valence-electron chi connectivity index (χ0n) is 14.8. The van der Waals surface area contributed by atoms with E-state index >= 15 is 0 Å². The third kappa shape index (κ3) is 4.66. The van der Waals surface area contributed by atoms with E-state index < -0.39 is 18.5 Å². The minimum absolute atomic E-state index is 0.00229. The average molecular weight is 393 g/mol. The Morgan fingerprint density at radius 2 is 1.67 bits per heavy atom. The molecule has 3 rings (SSSR count). The Labute approximate surface area is 162 Å². The van der Waals surface area contributed by atoms with Crippen molar-refractivity contribution in [2.45, 2.75) is 32.1 Å². The second-order valence-electron chi connectivity index (χ2n) is 6.79. The molecule has 7 nitrogen and oxygen atoms in total. The van der Waals surface area contributed by atoms with Crippen molar-refractivity contribution in [2.75, 3.05) is 18.5 Å². The standard InChI is InChI=1S/C19H21ClN2O5/c20-12-5-7-13(8-6-12)21-16(23)11-27-17(24)9-10-22-18(25)14-3-1-2-4-15(14)19(22)26/h5-8,14-15H,1-4,9-11H2,(H,21,23)/t14-,15-/m1/s1. The van der Waals surface area contributed by atoms with Gasteiger partial charge in [0.25, 0.3) is 5.91 Å². The Bertz CT molecular complexity index is 725. The number of imide groups is 1. The van der Waals surface area contributed by atoms with E-state index in [0.29, 0.717) is 10.7 Å². The van der Waals surface area contributed by atoms with E-state index in [2.05, 4.69) is 5.32 Å². The van der Waals surface area contributed by atoms with Gasteiger partial charge in [-0.25, -0.2) is 0 Å². The van der Waals surface area contributed by atoms with E-state index in [-0.39, 0.29) is 36.6 Å². The highest BCUT2D eigenvalue weighted by Gasteiger charge is 2.47. The van der Waals surface area contributed by atoms with E-state index in [9.17, 15) is 19.2 Å². The molecule has 27 heavy (non-hydrogen) atoms. The molecule has 0 spiro atoms. The number of nitrogens with one attached hydrogen (secondary N) is 1. The first-order valence-corrected chi connectivity index (χ1v) is 9.40. The van der Waals surface area contributed by atoms with E-state index in [1.807, 2.05) is 0 Å². The maximum Gasteiger partial charge on any atom is 0.308 e. The summed E-state index contributed by atoms with van der Waals surface area (Å²) in [6.45, 7) is -0.434. The number of anilines is 1. The van der Waals surface area contributed by atoms with Crippen molar-refractivity contribution in [3.63, 3.8) is 0 Å². The third-order valence-electron chi connectivity index (χ3n) is 4.96. The molecule has 144 valence electrons. The van der Waals surface area contributed by atoms with Crippen LogP contribution in [0.3, 0.4) is 0 Å². The number of hydrogen-bond donors (Lipinski definition) is 1. The van der Waals surface area contributed by atoms with Gasteiger partial charge in [-0.15, -0.1) is 0 Å². The number of amides is 3. The molecule has 3 amide bonds. The predicted molar refractivity (Wildman–Crippen MR) is 97.8 cm³/mol. The molecule has 1 aliphatic carbocycles. The van der Waals surface area contributed by atoms with Crippen LogP contribution in [-0.2, 0) is 23.9 Å². The molecule has 1 heterocycles. The second-order valence-corrected chi connectivity index (χ2v) is 7.23. The van der Waals surface area contributed by atoms with Crippen molar-refractivity contribution >= 4 is 41.0 Å². The number of nitrogens with zero attached hydrogens (tertiary/aromatic N) is 1. The van der Waals surface area contributed by atoms with Gasteiger partial charge in [-0.3, -0.25) is 24.1 Å². The Hall–Kier alpha value is -2.41. The van der Waals surface area contributed by atoms with Crippen molar-refractivity contribution in [1.29, 1.82) is 0 Å². The molecule has 2 aliphatic rings. The smallest absolute Gasteiger partial charge is 0.308 e. The number of likely N-dealkylation sites (tertiary alicyclic amines) is 1. The van der Waals surface area contributed by atoms with Gasteiger partial charge >= 0.3 is 5.97 Å². The van der Waals surface area contributed by atoms with Gasteiger partial charge in [0.1, 0.15) is 0 Å². The largest absolute Gasteiger partial charge is 0.456 e. The molecule has 0 radical (unpaired) electrons. The van der Waals surface area contributed by atoms with Crippen molar-refractivity contribution in [1.82, 2.24) is 4.90 Å². The fraction of sp³-hybridized carbons (Fsp3) is 0.474. The van der Waals surface area contributed by atoms with Crippen LogP contribution in [-0.4, -0.2) is 41.7 Å². The van der Waals surface area contributed by atoms with Crippen LogP contribution in [0.2, 0.25) is 5.02 Å². The molecule has 1 aliphatic heterocycles. The van der Waals surface area contributed by atoms with Crippen LogP contribution in [0.4, 0.5) is 5.69 Å². The SMILES string of the molecule is O=C(COC(=O)CCN1C(=O)[C@@H]2CCCC[C@H]2C1=O)Nc1ccc(Cl)cc1. The van der Waals surface area contributed by atoms with E-state index in [1.54, 1.807) is 24.3 Å². The average Bonchev–Trinajstić information content (AvgIpc) is 2.91. The van der Waals surface area contributed by atoms with Gasteiger partial charge in [0.05, 0.1) is 18.3 Å². The highest BCUT2D eigenvalue weighted by Crippen LogP contribution is 2.37. The number of halogens is 1. The summed E-state index contributed by atoms with van der Waals surface area (Å²) in [4.78, 5) is 49.5. The number of esters is 1. The Kier molecular flexibility index (Phi) is 6.11. The first-order valence-electron chi connectivity index (χ1n) is 9.02. The predicted octanol–water partition coefficient (Wildman–Crippen LogP) is 2.39. The van der Waals surface area contributed by atoms with Gasteiger partial charge < -0.3 is 10.1 Å². The minimum Gasteiger partial charge on any atom is -0.456 e. The van der Waals surface area contributed by atoms with Gasteiger partial charge in [0, 0.05) is 17.3 Å². The number of ether oxygens (including phenoxy) is 1. The summed E-state index contributed by atoms with van der Waals surface area (Å²) in [6.07, 6.45) is 3.27. The molecular formula is C19H21ClN2O5. The van der Waals surface area contributed by atoms with Crippen molar-refractivity contribution in [3.8, 4) is 0 Å². The fourth-order valence-electron chi connectivity index (χ4n) is 3.60. The number of hydrogen-bond acceptors (Lipinski definition) is 5. The number of benzene rings is 1. The fourth-order valence-corrected chi connectivity index (χ4v) is 3.73. The molecule has 1 saturated carbocycles. The van der Waals surface area contributed by atoms with Crippen LogP contribution in [0, 0.1) is 11.8 Å². The van der Waals surface area contributed by atoms with Gasteiger partial charge in [-0.1, -0.05) is 24.4 Å². The molecule has 2 atom stereocenters. The lowest BCUT2D eigenvalue weighted by Gasteiger charge is -2.19. The Balaban J connectivity index is 1.42. The lowest BCUT2D eigenvalue weighted by molar-refractivity contribution is -0.148. The number of carbonyl (C=O) groups is 4. The summed E-state index contributed by atoms with van der Waals surface area (Å²) in [5.74, 6) is -1.93. The minimum atomic E-state index is -0.628. The zero-order valence-corrected chi connectivity index (χ0v) is 15.5. The van der Waals surface area contributed by atoms with E-state index in [1.165, 1.54) is 4.90 Å². The maximum absolute atomic E-state index is 12.3. The van der Waals surface area contributed by atoms with E-state index in [0.717, 1.165) is 25.7 Å².